The van der Waals surface area contributed by atoms with E-state index >= 15 is 0 Å². The zero-order valence-electron chi connectivity index (χ0n) is 2.96. The number of hydrogen-bond donors (Lipinski definition) is 2. The molecule has 4 heteroatoms. The molecule has 0 bridgehead atoms. The van der Waals surface area contributed by atoms with Crippen LogP contribution in [0.5, 0.6) is 0 Å². The smallest absolute Gasteiger partial charge is 0.0545 e. The molecule has 1 rings (SSSR count). The van der Waals surface area contributed by atoms with E-state index in [0.717, 1.165) is 5.17 Å². The quantitative estimate of drug-likeness (QED) is 0.434. The van der Waals surface area contributed by atoms with Gasteiger partial charge in [0.1, 0.15) is 0 Å². The minimum Gasteiger partial charge on any atom is -0.273 e. The predicted molar refractivity (Wildman–Crippen MR) is 23.5 cm³/mol. The molecule has 0 unspecified atom stereocenters. The van der Waals surface area contributed by atoms with Crippen molar-refractivity contribution in [1.29, 1.82) is 0 Å². The highest BCUT2D eigenvalue weighted by atomic mass is 32.2. The van der Waals surface area contributed by atoms with E-state index in [-0.39, 0.29) is 0 Å². The first-order valence-corrected chi connectivity index (χ1v) is 2.33. The Kier molecular flexibility index (Phi) is 0.999. The summed E-state index contributed by atoms with van der Waals surface area (Å²) in [5.74, 6) is 0. The van der Waals surface area contributed by atoms with Crippen LogP contribution in [0.4, 0.5) is 0 Å². The van der Waals surface area contributed by atoms with Crippen molar-refractivity contribution in [1.82, 2.24) is 10.0 Å². The van der Waals surface area contributed by atoms with Gasteiger partial charge in [-0.3, -0.25) is 5.21 Å². The van der Waals surface area contributed by atoms with Crippen LogP contribution in [0.15, 0.2) is 11.6 Å². The van der Waals surface area contributed by atoms with Crippen molar-refractivity contribution in [2.75, 3.05) is 0 Å². The standard InChI is InChI=1S/C2H4N2OS/c5-4-1-2-6-3-4/h1-3,5H. The lowest BCUT2D eigenvalue weighted by molar-refractivity contribution is -0.0568. The van der Waals surface area contributed by atoms with Crippen molar-refractivity contribution in [3.05, 3.63) is 11.6 Å². The van der Waals surface area contributed by atoms with Crippen LogP contribution in [0.3, 0.4) is 0 Å². The summed E-state index contributed by atoms with van der Waals surface area (Å²) in [6.45, 7) is 0. The molecule has 0 spiro atoms. The van der Waals surface area contributed by atoms with Crippen LogP contribution in [-0.2, 0) is 0 Å². The Morgan fingerprint density at radius 1 is 1.83 bits per heavy atom. The first kappa shape index (κ1) is 3.98. The van der Waals surface area contributed by atoms with Crippen LogP contribution in [-0.4, -0.2) is 10.4 Å². The molecule has 0 aromatic carbocycles. The zero-order valence-corrected chi connectivity index (χ0v) is 3.77. The lowest BCUT2D eigenvalue weighted by Crippen LogP contribution is -2.18. The monoisotopic (exact) mass is 104 g/mol. The average Bonchev–Trinajstić information content (AvgIpc) is 1.86. The number of hydrazine groups is 1. The van der Waals surface area contributed by atoms with Crippen molar-refractivity contribution in [3.63, 3.8) is 0 Å². The van der Waals surface area contributed by atoms with E-state index in [9.17, 15) is 0 Å². The molecule has 0 aromatic rings. The predicted octanol–water partition coefficient (Wildman–Crippen LogP) is 0.315. The van der Waals surface area contributed by atoms with E-state index in [4.69, 9.17) is 5.21 Å². The van der Waals surface area contributed by atoms with Gasteiger partial charge in [-0.15, -0.1) is 4.83 Å². The van der Waals surface area contributed by atoms with E-state index in [1.54, 1.807) is 5.41 Å². The Balaban J connectivity index is 2.38. The first-order chi connectivity index (χ1) is 2.89. The van der Waals surface area contributed by atoms with Crippen LogP contribution in [0.1, 0.15) is 0 Å². The van der Waals surface area contributed by atoms with Crippen molar-refractivity contribution in [2.45, 2.75) is 0 Å². The lowest BCUT2D eigenvalue weighted by Gasteiger charge is -2.00. The molecular formula is C2H4N2OS. The summed E-state index contributed by atoms with van der Waals surface area (Å²) in [5, 5.41) is 11.0. The Morgan fingerprint density at radius 2 is 2.67 bits per heavy atom. The largest absolute Gasteiger partial charge is 0.273 e. The molecule has 1 aliphatic heterocycles. The van der Waals surface area contributed by atoms with Crippen molar-refractivity contribution < 1.29 is 5.21 Å². The normalized spacial score (nSPS) is 19.8. The molecule has 1 heterocycles. The topological polar surface area (TPSA) is 35.5 Å². The van der Waals surface area contributed by atoms with Gasteiger partial charge in [-0.1, -0.05) is 0 Å². The third-order valence-corrected chi connectivity index (χ3v) is 0.967. The highest BCUT2D eigenvalue weighted by molar-refractivity contribution is 8.00. The van der Waals surface area contributed by atoms with Gasteiger partial charge < -0.3 is 0 Å². The maximum Gasteiger partial charge on any atom is 0.0545 e. The summed E-state index contributed by atoms with van der Waals surface area (Å²) in [7, 11) is 0. The third-order valence-electron chi connectivity index (χ3n) is 0.416. The van der Waals surface area contributed by atoms with Gasteiger partial charge in [-0.05, 0) is 11.9 Å². The second-order valence-electron chi connectivity index (χ2n) is 0.839. The lowest BCUT2D eigenvalue weighted by atomic mass is 11.1. The summed E-state index contributed by atoms with van der Waals surface area (Å²) in [5.41, 5.74) is 0. The van der Waals surface area contributed by atoms with Gasteiger partial charge in [0, 0.05) is 5.41 Å². The van der Waals surface area contributed by atoms with Crippen LogP contribution < -0.4 is 4.83 Å². The molecule has 0 aliphatic carbocycles. The van der Waals surface area contributed by atoms with Gasteiger partial charge in [-0.2, -0.15) is 5.17 Å². The second kappa shape index (κ2) is 1.51. The van der Waals surface area contributed by atoms with Gasteiger partial charge in [0.2, 0.25) is 0 Å². The van der Waals surface area contributed by atoms with Crippen LogP contribution in [0.25, 0.3) is 0 Å². The van der Waals surface area contributed by atoms with Gasteiger partial charge in [0.25, 0.3) is 0 Å². The van der Waals surface area contributed by atoms with E-state index < -0.39 is 0 Å². The first-order valence-electron chi connectivity index (χ1n) is 1.45. The Labute approximate surface area is 39.7 Å². The fourth-order valence-corrected chi connectivity index (χ4v) is 0.609. The molecular weight excluding hydrogens is 100 g/mol. The molecule has 3 nitrogen and oxygen atoms in total. The van der Waals surface area contributed by atoms with Crippen molar-refractivity contribution in [3.8, 4) is 0 Å². The molecule has 34 valence electrons. The highest BCUT2D eigenvalue weighted by Gasteiger charge is 1.94. The molecule has 0 fully saturated rings. The van der Waals surface area contributed by atoms with Gasteiger partial charge in [0.15, 0.2) is 0 Å². The summed E-state index contributed by atoms with van der Waals surface area (Å²) in [4.78, 5) is 2.51. The van der Waals surface area contributed by atoms with E-state index in [1.165, 1.54) is 18.1 Å². The summed E-state index contributed by atoms with van der Waals surface area (Å²) < 4.78 is 0. The van der Waals surface area contributed by atoms with Crippen molar-refractivity contribution in [2.24, 2.45) is 0 Å². The maximum atomic E-state index is 8.34. The van der Waals surface area contributed by atoms with E-state index in [0.29, 0.717) is 0 Å². The number of hydroxylamine groups is 1. The van der Waals surface area contributed by atoms with Gasteiger partial charge in [-0.25, -0.2) is 0 Å². The molecule has 0 atom stereocenters. The Hall–Kier alpha value is -0.190. The number of rotatable bonds is 0. The summed E-state index contributed by atoms with van der Waals surface area (Å²) in [6, 6.07) is 0. The fraction of sp³-hybridized carbons (Fsp3) is 0. The summed E-state index contributed by atoms with van der Waals surface area (Å²) in [6.07, 6.45) is 1.52. The molecule has 0 aromatic heterocycles. The zero-order chi connectivity index (χ0) is 4.41. The number of nitrogens with zero attached hydrogens (tertiary/aromatic N) is 1. The number of hydrogen-bond acceptors (Lipinski definition) is 4. The van der Waals surface area contributed by atoms with Gasteiger partial charge >= 0.3 is 0 Å². The van der Waals surface area contributed by atoms with Gasteiger partial charge in [0.05, 0.1) is 6.20 Å². The van der Waals surface area contributed by atoms with E-state index in [1.807, 2.05) is 0 Å². The molecule has 0 saturated heterocycles. The summed E-state index contributed by atoms with van der Waals surface area (Å²) >= 11 is 1.33. The van der Waals surface area contributed by atoms with Crippen LogP contribution >= 0.6 is 11.9 Å². The molecule has 1 aliphatic rings. The average molecular weight is 104 g/mol. The van der Waals surface area contributed by atoms with Crippen LogP contribution in [0.2, 0.25) is 0 Å². The molecule has 0 amide bonds. The van der Waals surface area contributed by atoms with Crippen LogP contribution in [0, 0.1) is 0 Å². The molecule has 2 N–H and O–H groups in total. The molecule has 0 saturated carbocycles. The Bertz CT molecular complexity index is 73.9. The maximum absolute atomic E-state index is 8.34. The SMILES string of the molecule is ON1C=CSN1. The third kappa shape index (κ3) is 0.649. The fourth-order valence-electron chi connectivity index (χ4n) is 0.203. The molecule has 6 heavy (non-hydrogen) atoms. The highest BCUT2D eigenvalue weighted by Crippen LogP contribution is 2.03. The Morgan fingerprint density at radius 3 is 2.83 bits per heavy atom. The minimum atomic E-state index is 0.894. The molecule has 0 radical (unpaired) electrons. The minimum absolute atomic E-state index is 0.894. The number of nitrogens with one attached hydrogen (secondary N) is 1. The van der Waals surface area contributed by atoms with Crippen molar-refractivity contribution >= 4 is 11.9 Å². The van der Waals surface area contributed by atoms with E-state index in [2.05, 4.69) is 4.83 Å². The second-order valence-corrected chi connectivity index (χ2v) is 1.53.